The van der Waals surface area contributed by atoms with Gasteiger partial charge in [-0.3, -0.25) is 9.97 Å². The molecule has 0 bridgehead atoms. The zero-order valence-electron chi connectivity index (χ0n) is 19.2. The molecule has 170 valence electrons. The third kappa shape index (κ3) is 3.85. The summed E-state index contributed by atoms with van der Waals surface area (Å²) in [4.78, 5) is 36.2. The lowest BCUT2D eigenvalue weighted by atomic mass is 10.1. The van der Waals surface area contributed by atoms with Gasteiger partial charge in [0.15, 0.2) is 0 Å². The van der Waals surface area contributed by atoms with E-state index in [-0.39, 0.29) is 0 Å². The lowest BCUT2D eigenvalue weighted by Crippen LogP contribution is -2.21. The molecule has 2 aromatic carbocycles. The summed E-state index contributed by atoms with van der Waals surface area (Å²) in [6.07, 6.45) is 2.94. The second kappa shape index (κ2) is 8.59. The molecule has 3 aromatic heterocycles. The van der Waals surface area contributed by atoms with E-state index in [4.69, 9.17) is 8.83 Å². The second-order valence-electron chi connectivity index (χ2n) is 8.12. The van der Waals surface area contributed by atoms with Gasteiger partial charge in [-0.2, -0.15) is 0 Å². The molecule has 0 unspecified atom stereocenters. The zero-order chi connectivity index (χ0) is 23.8. The smallest absolute Gasteiger partial charge is 0.345 e. The van der Waals surface area contributed by atoms with Gasteiger partial charge in [0.2, 0.25) is 0 Å². The lowest BCUT2D eigenvalue weighted by Gasteiger charge is -2.21. The van der Waals surface area contributed by atoms with Gasteiger partial charge in [0.25, 0.3) is 0 Å². The maximum Gasteiger partial charge on any atom is 0.345 e. The highest BCUT2D eigenvalue weighted by molar-refractivity contribution is 5.84. The Morgan fingerprint density at radius 1 is 0.735 bits per heavy atom. The van der Waals surface area contributed by atoms with Gasteiger partial charge in [-0.15, -0.1) is 0 Å². The van der Waals surface area contributed by atoms with Crippen LogP contribution in [0, 0.1) is 6.92 Å². The molecular weight excluding hydrogens is 430 g/mol. The van der Waals surface area contributed by atoms with Crippen molar-refractivity contribution in [3.8, 4) is 22.5 Å². The van der Waals surface area contributed by atoms with E-state index in [1.54, 1.807) is 12.1 Å². The van der Waals surface area contributed by atoms with E-state index in [0.29, 0.717) is 33.7 Å². The minimum atomic E-state index is -0.494. The first-order chi connectivity index (χ1) is 16.5. The molecule has 0 fully saturated rings. The quantitative estimate of drug-likeness (QED) is 0.339. The summed E-state index contributed by atoms with van der Waals surface area (Å²) in [5.74, 6) is 0. The van der Waals surface area contributed by atoms with Gasteiger partial charge < -0.3 is 13.7 Å². The van der Waals surface area contributed by atoms with Crippen molar-refractivity contribution in [2.45, 2.75) is 20.8 Å². The first-order valence-electron chi connectivity index (χ1n) is 11.2. The molecular formula is C27H23N3O4. The van der Waals surface area contributed by atoms with Crippen LogP contribution in [-0.4, -0.2) is 23.1 Å². The number of anilines is 1. The molecule has 0 saturated carbocycles. The third-order valence-corrected chi connectivity index (χ3v) is 5.94. The van der Waals surface area contributed by atoms with Crippen molar-refractivity contribution in [2.75, 3.05) is 18.0 Å². The van der Waals surface area contributed by atoms with E-state index < -0.39 is 11.3 Å². The molecule has 0 amide bonds. The molecule has 0 saturated heterocycles. The number of hydrogen-bond donors (Lipinski definition) is 0. The number of hydrogen-bond acceptors (Lipinski definition) is 7. The van der Waals surface area contributed by atoms with Gasteiger partial charge in [-0.1, -0.05) is 12.1 Å². The first-order valence-corrected chi connectivity index (χ1v) is 11.2. The predicted octanol–water partition coefficient (Wildman–Crippen LogP) is 5.18. The van der Waals surface area contributed by atoms with E-state index in [2.05, 4.69) is 28.7 Å². The Labute approximate surface area is 195 Å². The Bertz CT molecular complexity index is 1630. The molecule has 7 nitrogen and oxygen atoms in total. The zero-order valence-corrected chi connectivity index (χ0v) is 19.2. The van der Waals surface area contributed by atoms with Crippen molar-refractivity contribution in [2.24, 2.45) is 0 Å². The van der Waals surface area contributed by atoms with E-state index in [1.165, 1.54) is 12.4 Å². The minimum Gasteiger partial charge on any atom is -0.422 e. The second-order valence-corrected chi connectivity index (χ2v) is 8.12. The maximum atomic E-state index is 12.7. The summed E-state index contributed by atoms with van der Waals surface area (Å²) < 4.78 is 11.1. The predicted molar refractivity (Wildman–Crippen MR) is 133 cm³/mol. The fourth-order valence-corrected chi connectivity index (χ4v) is 4.07. The number of fused-ring (bicyclic) bond motifs is 2. The fourth-order valence-electron chi connectivity index (χ4n) is 4.07. The summed E-state index contributed by atoms with van der Waals surface area (Å²) in [7, 11) is 0. The summed E-state index contributed by atoms with van der Waals surface area (Å²) in [5.41, 5.74) is 3.42. The molecule has 0 atom stereocenters. The number of nitrogens with zero attached hydrogens (tertiary/aromatic N) is 3. The highest BCUT2D eigenvalue weighted by Crippen LogP contribution is 2.25. The average molecular weight is 453 g/mol. The summed E-state index contributed by atoms with van der Waals surface area (Å²) >= 11 is 0. The Morgan fingerprint density at radius 2 is 1.26 bits per heavy atom. The van der Waals surface area contributed by atoms with Crippen molar-refractivity contribution >= 4 is 27.6 Å². The molecule has 0 aliphatic carbocycles. The Balaban J connectivity index is 1.52. The van der Waals surface area contributed by atoms with Gasteiger partial charge in [-0.05, 0) is 56.7 Å². The largest absolute Gasteiger partial charge is 0.422 e. The van der Waals surface area contributed by atoms with Crippen LogP contribution in [-0.2, 0) is 0 Å². The van der Waals surface area contributed by atoms with Crippen LogP contribution in [0.5, 0.6) is 0 Å². The van der Waals surface area contributed by atoms with Crippen molar-refractivity contribution < 1.29 is 8.83 Å². The maximum absolute atomic E-state index is 12.7. The topological polar surface area (TPSA) is 89.4 Å². The number of aryl methyl sites for hydroxylation is 1. The Morgan fingerprint density at radius 3 is 1.79 bits per heavy atom. The number of rotatable bonds is 5. The summed E-state index contributed by atoms with van der Waals surface area (Å²) in [6, 6.07) is 15.0. The summed E-state index contributed by atoms with van der Waals surface area (Å²) in [5, 5.41) is 1.59. The van der Waals surface area contributed by atoms with Crippen molar-refractivity contribution in [3.05, 3.63) is 87.3 Å². The number of benzene rings is 2. The molecule has 3 heterocycles. The SMILES string of the molecule is CCN(CC)c1ccc2cc(-c3cnc(-c4cc5ccc(C)cc5oc4=O)cn3)c(=O)oc2c1. The van der Waals surface area contributed by atoms with Gasteiger partial charge in [0.05, 0.1) is 34.9 Å². The van der Waals surface area contributed by atoms with Crippen LogP contribution in [0.15, 0.2) is 79.3 Å². The van der Waals surface area contributed by atoms with E-state index in [9.17, 15) is 9.59 Å². The normalized spacial score (nSPS) is 11.3. The van der Waals surface area contributed by atoms with Gasteiger partial charge in [0.1, 0.15) is 11.2 Å². The molecule has 0 spiro atoms. The lowest BCUT2D eigenvalue weighted by molar-refractivity contribution is 0.562. The molecule has 0 aliphatic heterocycles. The standard InChI is InChI=1S/C27H23N3O4/c1-4-30(5-2)19-9-8-18-12-21(27(32)34-25(18)13-19)23-15-28-22(14-29-23)20-11-17-7-6-16(3)10-24(17)33-26(20)31/h6-15H,4-5H2,1-3H3. The van der Waals surface area contributed by atoms with Crippen molar-refractivity contribution in [1.29, 1.82) is 0 Å². The molecule has 0 radical (unpaired) electrons. The highest BCUT2D eigenvalue weighted by Gasteiger charge is 2.14. The fraction of sp³-hybridized carbons (Fsp3) is 0.185. The molecule has 7 heteroatoms. The van der Waals surface area contributed by atoms with E-state index in [1.807, 2.05) is 43.3 Å². The van der Waals surface area contributed by atoms with Crippen LogP contribution in [0.3, 0.4) is 0 Å². The van der Waals surface area contributed by atoms with Crippen LogP contribution in [0.2, 0.25) is 0 Å². The molecule has 34 heavy (non-hydrogen) atoms. The minimum absolute atomic E-state index is 0.308. The molecule has 0 N–H and O–H groups in total. The summed E-state index contributed by atoms with van der Waals surface area (Å²) in [6.45, 7) is 7.82. The van der Waals surface area contributed by atoms with Gasteiger partial charge >= 0.3 is 11.3 Å². The monoisotopic (exact) mass is 453 g/mol. The van der Waals surface area contributed by atoms with Crippen molar-refractivity contribution in [1.82, 2.24) is 9.97 Å². The Kier molecular flexibility index (Phi) is 5.45. The van der Waals surface area contributed by atoms with Crippen LogP contribution in [0.4, 0.5) is 5.69 Å². The van der Waals surface area contributed by atoms with Gasteiger partial charge in [-0.25, -0.2) is 9.59 Å². The Hall–Kier alpha value is -4.26. The van der Waals surface area contributed by atoms with Crippen LogP contribution in [0.1, 0.15) is 19.4 Å². The van der Waals surface area contributed by atoms with E-state index >= 15 is 0 Å². The van der Waals surface area contributed by atoms with Crippen molar-refractivity contribution in [3.63, 3.8) is 0 Å². The molecule has 5 rings (SSSR count). The van der Waals surface area contributed by atoms with E-state index in [0.717, 1.165) is 35.1 Å². The molecule has 0 aliphatic rings. The van der Waals surface area contributed by atoms with Gasteiger partial charge in [0, 0.05) is 35.6 Å². The van der Waals surface area contributed by atoms with Crippen LogP contribution < -0.4 is 16.2 Å². The third-order valence-electron chi connectivity index (χ3n) is 5.94. The first kappa shape index (κ1) is 21.6. The average Bonchev–Trinajstić information content (AvgIpc) is 2.84. The van der Waals surface area contributed by atoms with Crippen LogP contribution in [0.25, 0.3) is 44.5 Å². The van der Waals surface area contributed by atoms with Crippen LogP contribution >= 0.6 is 0 Å². The number of aromatic nitrogens is 2. The highest BCUT2D eigenvalue weighted by atomic mass is 16.4. The molecule has 5 aromatic rings.